The molecule has 0 spiro atoms. The van der Waals surface area contributed by atoms with Crippen LogP contribution < -0.4 is 11.1 Å². The molecule has 114 valence electrons. The molecule has 0 heterocycles. The second-order valence-electron chi connectivity index (χ2n) is 4.73. The van der Waals surface area contributed by atoms with Crippen molar-refractivity contribution in [3.8, 4) is 0 Å². The van der Waals surface area contributed by atoms with E-state index in [4.69, 9.17) is 5.73 Å². The number of carbonyl (C=O) groups excluding carboxylic acids is 2. The lowest BCUT2D eigenvalue weighted by Crippen LogP contribution is -2.46. The fourth-order valence-corrected chi connectivity index (χ4v) is 2.98. The molecule has 0 aliphatic rings. The van der Waals surface area contributed by atoms with Crippen molar-refractivity contribution in [2.24, 2.45) is 5.73 Å². The normalized spacial score (nSPS) is 11.7. The molecular formula is C16H14BrIN2O2. The number of primary amides is 1. The minimum atomic E-state index is -0.748. The van der Waals surface area contributed by atoms with Crippen LogP contribution in [0.25, 0.3) is 0 Å². The molecule has 4 nitrogen and oxygen atoms in total. The van der Waals surface area contributed by atoms with Crippen molar-refractivity contribution in [3.63, 3.8) is 0 Å². The summed E-state index contributed by atoms with van der Waals surface area (Å²) in [6.07, 6.45) is 0.369. The number of nitrogens with one attached hydrogen (secondary N) is 1. The summed E-state index contributed by atoms with van der Waals surface area (Å²) in [7, 11) is 0. The van der Waals surface area contributed by atoms with E-state index in [1.54, 1.807) is 18.2 Å². The van der Waals surface area contributed by atoms with Gasteiger partial charge in [-0.15, -0.1) is 0 Å². The summed E-state index contributed by atoms with van der Waals surface area (Å²) in [5.41, 5.74) is 6.87. The van der Waals surface area contributed by atoms with E-state index in [0.717, 1.165) is 13.6 Å². The van der Waals surface area contributed by atoms with Crippen molar-refractivity contribution < 1.29 is 9.59 Å². The Morgan fingerprint density at radius 1 is 1.18 bits per heavy atom. The number of rotatable bonds is 5. The van der Waals surface area contributed by atoms with Crippen molar-refractivity contribution in [1.29, 1.82) is 0 Å². The molecule has 2 aromatic rings. The standard InChI is InChI=1S/C16H14BrIN2O2/c17-12-6-3-5-11(8-12)16(22)20-14(15(19)21)9-10-4-1-2-7-13(10)18/h1-8,14H,9H2,(H2,19,21)(H,20,22)/t14-/m0/s1. The molecule has 6 heteroatoms. The van der Waals surface area contributed by atoms with Gasteiger partial charge in [-0.3, -0.25) is 9.59 Å². The van der Waals surface area contributed by atoms with Gasteiger partial charge in [-0.2, -0.15) is 0 Å². The van der Waals surface area contributed by atoms with E-state index in [-0.39, 0.29) is 5.91 Å². The predicted octanol–water partition coefficient (Wildman–Crippen LogP) is 2.88. The molecule has 0 saturated carbocycles. The first-order chi connectivity index (χ1) is 10.5. The third-order valence-corrected chi connectivity index (χ3v) is 4.66. The number of carbonyl (C=O) groups is 2. The van der Waals surface area contributed by atoms with Gasteiger partial charge in [-0.1, -0.05) is 40.2 Å². The molecule has 2 rings (SSSR count). The largest absolute Gasteiger partial charge is 0.368 e. The molecule has 0 saturated heterocycles. The third kappa shape index (κ3) is 4.54. The zero-order chi connectivity index (χ0) is 16.1. The fourth-order valence-electron chi connectivity index (χ4n) is 1.98. The molecule has 2 amide bonds. The SMILES string of the molecule is NC(=O)[C@H](Cc1ccccc1I)NC(=O)c1cccc(Br)c1. The molecular weight excluding hydrogens is 459 g/mol. The van der Waals surface area contributed by atoms with Crippen LogP contribution in [-0.2, 0) is 11.2 Å². The molecule has 0 aliphatic heterocycles. The third-order valence-electron chi connectivity index (χ3n) is 3.12. The minimum Gasteiger partial charge on any atom is -0.368 e. The molecule has 0 unspecified atom stereocenters. The first-order valence-electron chi connectivity index (χ1n) is 6.56. The maximum atomic E-state index is 12.2. The predicted molar refractivity (Wildman–Crippen MR) is 97.5 cm³/mol. The highest BCUT2D eigenvalue weighted by molar-refractivity contribution is 14.1. The highest BCUT2D eigenvalue weighted by Crippen LogP contribution is 2.15. The van der Waals surface area contributed by atoms with Gasteiger partial charge in [0.1, 0.15) is 6.04 Å². The molecule has 3 N–H and O–H groups in total. The average molecular weight is 473 g/mol. The average Bonchev–Trinajstić information content (AvgIpc) is 2.48. The number of hydrogen-bond acceptors (Lipinski definition) is 2. The van der Waals surface area contributed by atoms with Crippen LogP contribution in [0.5, 0.6) is 0 Å². The van der Waals surface area contributed by atoms with Crippen LogP contribution in [0.4, 0.5) is 0 Å². The maximum absolute atomic E-state index is 12.2. The summed E-state index contributed by atoms with van der Waals surface area (Å²) in [5.74, 6) is -0.876. The molecule has 0 aromatic heterocycles. The number of benzene rings is 2. The first kappa shape index (κ1) is 17.0. The Kier molecular flexibility index (Phi) is 5.96. The van der Waals surface area contributed by atoms with Crippen molar-refractivity contribution in [1.82, 2.24) is 5.32 Å². The van der Waals surface area contributed by atoms with Crippen LogP contribution >= 0.6 is 38.5 Å². The Morgan fingerprint density at radius 3 is 2.55 bits per heavy atom. The zero-order valence-electron chi connectivity index (χ0n) is 11.6. The first-order valence-corrected chi connectivity index (χ1v) is 8.43. The Bertz CT molecular complexity index is 706. The van der Waals surface area contributed by atoms with Gasteiger partial charge in [-0.25, -0.2) is 0 Å². The second-order valence-corrected chi connectivity index (χ2v) is 6.81. The van der Waals surface area contributed by atoms with Crippen LogP contribution in [0.2, 0.25) is 0 Å². The lowest BCUT2D eigenvalue weighted by atomic mass is 10.0. The summed E-state index contributed by atoms with van der Waals surface area (Å²) in [5, 5.41) is 2.70. The van der Waals surface area contributed by atoms with Crippen molar-refractivity contribution in [2.45, 2.75) is 12.5 Å². The number of hydrogen-bond donors (Lipinski definition) is 2. The van der Waals surface area contributed by atoms with Gasteiger partial charge in [0.05, 0.1) is 0 Å². The summed E-state index contributed by atoms with van der Waals surface area (Å²) in [4.78, 5) is 23.9. The van der Waals surface area contributed by atoms with E-state index in [2.05, 4.69) is 43.8 Å². The van der Waals surface area contributed by atoms with Gasteiger partial charge in [0, 0.05) is 20.0 Å². The van der Waals surface area contributed by atoms with Crippen molar-refractivity contribution in [2.75, 3.05) is 0 Å². The van der Waals surface area contributed by atoms with Gasteiger partial charge >= 0.3 is 0 Å². The van der Waals surface area contributed by atoms with E-state index in [1.165, 1.54) is 0 Å². The van der Waals surface area contributed by atoms with Crippen LogP contribution in [0.1, 0.15) is 15.9 Å². The van der Waals surface area contributed by atoms with Gasteiger partial charge < -0.3 is 11.1 Å². The van der Waals surface area contributed by atoms with E-state index >= 15 is 0 Å². The summed E-state index contributed by atoms with van der Waals surface area (Å²) in [6.45, 7) is 0. The topological polar surface area (TPSA) is 72.2 Å². The molecule has 0 fully saturated rings. The Hall–Kier alpha value is -1.41. The Balaban J connectivity index is 2.14. The van der Waals surface area contributed by atoms with Crippen molar-refractivity contribution >= 4 is 50.3 Å². The number of nitrogens with two attached hydrogens (primary N) is 1. The summed E-state index contributed by atoms with van der Waals surface area (Å²) in [6, 6.07) is 13.9. The quantitative estimate of drug-likeness (QED) is 0.657. The Labute approximate surface area is 150 Å². The molecule has 2 aromatic carbocycles. The maximum Gasteiger partial charge on any atom is 0.251 e. The Morgan fingerprint density at radius 2 is 1.91 bits per heavy atom. The van der Waals surface area contributed by atoms with Crippen LogP contribution in [0.15, 0.2) is 53.0 Å². The van der Waals surface area contributed by atoms with E-state index in [0.29, 0.717) is 12.0 Å². The highest BCUT2D eigenvalue weighted by Gasteiger charge is 2.20. The zero-order valence-corrected chi connectivity index (χ0v) is 15.3. The highest BCUT2D eigenvalue weighted by atomic mass is 127. The lowest BCUT2D eigenvalue weighted by Gasteiger charge is -2.16. The summed E-state index contributed by atoms with van der Waals surface area (Å²) < 4.78 is 1.83. The van der Waals surface area contributed by atoms with Crippen LogP contribution in [-0.4, -0.2) is 17.9 Å². The van der Waals surface area contributed by atoms with Gasteiger partial charge in [0.15, 0.2) is 0 Å². The van der Waals surface area contributed by atoms with Gasteiger partial charge in [-0.05, 0) is 52.4 Å². The monoisotopic (exact) mass is 472 g/mol. The molecule has 22 heavy (non-hydrogen) atoms. The molecule has 0 bridgehead atoms. The molecule has 0 aliphatic carbocycles. The second kappa shape index (κ2) is 7.73. The number of amides is 2. The van der Waals surface area contributed by atoms with Crippen LogP contribution in [0.3, 0.4) is 0 Å². The fraction of sp³-hybridized carbons (Fsp3) is 0.125. The van der Waals surface area contributed by atoms with Gasteiger partial charge in [0.25, 0.3) is 5.91 Å². The van der Waals surface area contributed by atoms with Crippen molar-refractivity contribution in [3.05, 3.63) is 67.7 Å². The lowest BCUT2D eigenvalue weighted by molar-refractivity contribution is -0.119. The number of halogens is 2. The van der Waals surface area contributed by atoms with Gasteiger partial charge in [0.2, 0.25) is 5.91 Å². The minimum absolute atomic E-state index is 0.323. The van der Waals surface area contributed by atoms with E-state index in [1.807, 2.05) is 30.3 Å². The van der Waals surface area contributed by atoms with E-state index in [9.17, 15) is 9.59 Å². The smallest absolute Gasteiger partial charge is 0.251 e. The van der Waals surface area contributed by atoms with Crippen LogP contribution in [0, 0.1) is 3.57 Å². The summed E-state index contributed by atoms with van der Waals surface area (Å²) >= 11 is 5.51. The van der Waals surface area contributed by atoms with E-state index < -0.39 is 11.9 Å². The molecule has 1 atom stereocenters. The molecule has 0 radical (unpaired) electrons.